The van der Waals surface area contributed by atoms with E-state index in [0.29, 0.717) is 23.4 Å². The molecule has 2 amide bonds. The molecule has 0 aromatic carbocycles. The molecule has 1 unspecified atom stereocenters. The molecule has 0 spiro atoms. The van der Waals surface area contributed by atoms with Crippen molar-refractivity contribution in [2.24, 2.45) is 5.92 Å². The molecule has 122 valence electrons. The van der Waals surface area contributed by atoms with Gasteiger partial charge in [0.15, 0.2) is 0 Å². The first-order valence-electron chi connectivity index (χ1n) is 7.80. The number of nitrogens with zero attached hydrogens (tertiary/aromatic N) is 2. The van der Waals surface area contributed by atoms with Crippen LogP contribution in [-0.2, 0) is 4.79 Å². The molecule has 2 aromatic heterocycles. The first-order valence-corrected chi connectivity index (χ1v) is 8.68. The van der Waals surface area contributed by atoms with Crippen LogP contribution < -0.4 is 10.6 Å². The summed E-state index contributed by atoms with van der Waals surface area (Å²) in [6.45, 7) is 2.44. The molecule has 1 saturated carbocycles. The molecule has 2 heterocycles. The fourth-order valence-corrected chi connectivity index (χ4v) is 3.15. The lowest BCUT2D eigenvalue weighted by molar-refractivity contribution is -0.116. The highest BCUT2D eigenvalue weighted by Crippen LogP contribution is 2.40. The number of carbonyl (C=O) groups excluding carboxylic acids is 2. The zero-order chi connectivity index (χ0) is 16.2. The molecule has 2 aromatic rings. The van der Waals surface area contributed by atoms with Gasteiger partial charge in [-0.3, -0.25) is 9.59 Å². The van der Waals surface area contributed by atoms with Crippen LogP contribution in [-0.4, -0.2) is 28.1 Å². The van der Waals surface area contributed by atoms with Gasteiger partial charge >= 0.3 is 0 Å². The van der Waals surface area contributed by atoms with E-state index in [1.54, 1.807) is 18.3 Å². The Balaban J connectivity index is 1.46. The van der Waals surface area contributed by atoms with Crippen LogP contribution >= 0.6 is 11.3 Å². The van der Waals surface area contributed by atoms with Gasteiger partial charge in [0, 0.05) is 19.0 Å². The summed E-state index contributed by atoms with van der Waals surface area (Å²) in [5.41, 5.74) is 0. The van der Waals surface area contributed by atoms with Gasteiger partial charge < -0.3 is 10.6 Å². The standard InChI is InChI=1S/C16H20N4O2S/c1-11(12-4-5-12)20-14(6-9-18-20)19-15(21)7-8-17-16(22)13-3-2-10-23-13/h2-3,6,9-12H,4-5,7-8H2,1H3,(H,17,22)(H,19,21). The Hall–Kier alpha value is -2.15. The van der Waals surface area contributed by atoms with Gasteiger partial charge in [-0.05, 0) is 37.1 Å². The predicted molar refractivity (Wildman–Crippen MR) is 89.6 cm³/mol. The third kappa shape index (κ3) is 3.98. The first-order chi connectivity index (χ1) is 11.1. The maximum atomic E-state index is 12.0. The number of aromatic nitrogens is 2. The van der Waals surface area contributed by atoms with E-state index in [9.17, 15) is 9.59 Å². The summed E-state index contributed by atoms with van der Waals surface area (Å²) in [6.07, 6.45) is 4.39. The SMILES string of the molecule is CC(C1CC1)n1nccc1NC(=O)CCNC(=O)c1cccs1. The summed E-state index contributed by atoms with van der Waals surface area (Å²) in [6, 6.07) is 5.70. The second-order valence-corrected chi connectivity index (χ2v) is 6.72. The third-order valence-electron chi connectivity index (χ3n) is 4.01. The Morgan fingerprint density at radius 2 is 2.26 bits per heavy atom. The topological polar surface area (TPSA) is 76.0 Å². The van der Waals surface area contributed by atoms with Crippen LogP contribution in [0.3, 0.4) is 0 Å². The van der Waals surface area contributed by atoms with Crippen molar-refractivity contribution in [1.82, 2.24) is 15.1 Å². The Morgan fingerprint density at radius 1 is 1.43 bits per heavy atom. The highest BCUT2D eigenvalue weighted by Gasteiger charge is 2.30. The van der Waals surface area contributed by atoms with Gasteiger partial charge in [-0.1, -0.05) is 6.07 Å². The maximum absolute atomic E-state index is 12.0. The molecule has 1 fully saturated rings. The summed E-state index contributed by atoms with van der Waals surface area (Å²) in [4.78, 5) is 24.5. The van der Waals surface area contributed by atoms with E-state index in [1.807, 2.05) is 16.1 Å². The average Bonchev–Trinajstić information content (AvgIpc) is 3.05. The smallest absolute Gasteiger partial charge is 0.261 e. The molecule has 1 atom stereocenters. The number of hydrogen-bond acceptors (Lipinski definition) is 4. The van der Waals surface area contributed by atoms with Gasteiger partial charge in [0.1, 0.15) is 5.82 Å². The minimum absolute atomic E-state index is 0.124. The molecule has 23 heavy (non-hydrogen) atoms. The van der Waals surface area contributed by atoms with Crippen LogP contribution in [0, 0.1) is 5.92 Å². The molecule has 3 rings (SSSR count). The second kappa shape index (κ2) is 6.95. The molecule has 7 heteroatoms. The van der Waals surface area contributed by atoms with E-state index in [4.69, 9.17) is 0 Å². The molecule has 1 aliphatic carbocycles. The lowest BCUT2D eigenvalue weighted by Crippen LogP contribution is -2.27. The van der Waals surface area contributed by atoms with E-state index >= 15 is 0 Å². The predicted octanol–water partition coefficient (Wildman–Crippen LogP) is 2.67. The molecule has 0 saturated heterocycles. The van der Waals surface area contributed by atoms with Gasteiger partial charge in [0.25, 0.3) is 5.91 Å². The van der Waals surface area contributed by atoms with Crippen LogP contribution in [0.25, 0.3) is 0 Å². The normalized spacial score (nSPS) is 15.2. The van der Waals surface area contributed by atoms with Crippen molar-refractivity contribution in [3.8, 4) is 0 Å². The van der Waals surface area contributed by atoms with Crippen LogP contribution in [0.1, 0.15) is 41.9 Å². The number of hydrogen-bond donors (Lipinski definition) is 2. The highest BCUT2D eigenvalue weighted by atomic mass is 32.1. The maximum Gasteiger partial charge on any atom is 0.261 e. The quantitative estimate of drug-likeness (QED) is 0.818. The van der Waals surface area contributed by atoms with Crippen molar-refractivity contribution in [3.05, 3.63) is 34.7 Å². The summed E-state index contributed by atoms with van der Waals surface area (Å²) in [5, 5.41) is 11.8. The van der Waals surface area contributed by atoms with Crippen LogP contribution in [0.2, 0.25) is 0 Å². The molecular weight excluding hydrogens is 312 g/mol. The number of anilines is 1. The number of amides is 2. The number of carbonyl (C=O) groups is 2. The van der Waals surface area contributed by atoms with Crippen molar-refractivity contribution < 1.29 is 9.59 Å². The van der Waals surface area contributed by atoms with Crippen molar-refractivity contribution in [2.45, 2.75) is 32.2 Å². The van der Waals surface area contributed by atoms with Crippen LogP contribution in [0.15, 0.2) is 29.8 Å². The molecule has 6 nitrogen and oxygen atoms in total. The van der Waals surface area contributed by atoms with E-state index in [2.05, 4.69) is 22.7 Å². The third-order valence-corrected chi connectivity index (χ3v) is 4.88. The van der Waals surface area contributed by atoms with Gasteiger partial charge in [-0.15, -0.1) is 11.3 Å². The summed E-state index contributed by atoms with van der Waals surface area (Å²) in [7, 11) is 0. The monoisotopic (exact) mass is 332 g/mol. The summed E-state index contributed by atoms with van der Waals surface area (Å²) < 4.78 is 1.87. The Kier molecular flexibility index (Phi) is 4.76. The van der Waals surface area contributed by atoms with Crippen molar-refractivity contribution in [1.29, 1.82) is 0 Å². The summed E-state index contributed by atoms with van der Waals surface area (Å²) in [5.74, 6) is 1.12. The lowest BCUT2D eigenvalue weighted by Gasteiger charge is -2.15. The lowest BCUT2D eigenvalue weighted by atomic mass is 10.2. The van der Waals surface area contributed by atoms with Crippen molar-refractivity contribution in [2.75, 3.05) is 11.9 Å². The van der Waals surface area contributed by atoms with Crippen molar-refractivity contribution in [3.63, 3.8) is 0 Å². The minimum Gasteiger partial charge on any atom is -0.351 e. The Bertz CT molecular complexity index is 676. The van der Waals surface area contributed by atoms with E-state index in [1.165, 1.54) is 24.2 Å². The molecule has 0 aliphatic heterocycles. The number of thiophene rings is 1. The molecule has 2 N–H and O–H groups in total. The van der Waals surface area contributed by atoms with Gasteiger partial charge in [0.2, 0.25) is 5.91 Å². The van der Waals surface area contributed by atoms with Crippen molar-refractivity contribution >= 4 is 29.0 Å². The minimum atomic E-state index is -0.139. The summed E-state index contributed by atoms with van der Waals surface area (Å²) >= 11 is 1.38. The average molecular weight is 332 g/mol. The van der Waals surface area contributed by atoms with Crippen LogP contribution in [0.5, 0.6) is 0 Å². The molecular formula is C16H20N4O2S. The number of rotatable bonds is 7. The zero-order valence-corrected chi connectivity index (χ0v) is 13.8. The van der Waals surface area contributed by atoms with E-state index < -0.39 is 0 Å². The van der Waals surface area contributed by atoms with Gasteiger partial charge in [-0.25, -0.2) is 4.68 Å². The van der Waals surface area contributed by atoms with E-state index in [-0.39, 0.29) is 18.2 Å². The highest BCUT2D eigenvalue weighted by molar-refractivity contribution is 7.12. The molecule has 0 bridgehead atoms. The van der Waals surface area contributed by atoms with Crippen LogP contribution in [0.4, 0.5) is 5.82 Å². The Morgan fingerprint density at radius 3 is 2.96 bits per heavy atom. The van der Waals surface area contributed by atoms with Gasteiger partial charge in [0.05, 0.1) is 17.1 Å². The largest absolute Gasteiger partial charge is 0.351 e. The molecule has 1 aliphatic rings. The van der Waals surface area contributed by atoms with E-state index in [0.717, 1.165) is 5.82 Å². The molecule has 0 radical (unpaired) electrons. The first kappa shape index (κ1) is 15.7. The number of nitrogens with one attached hydrogen (secondary N) is 2. The van der Waals surface area contributed by atoms with Gasteiger partial charge in [-0.2, -0.15) is 5.10 Å². The fourth-order valence-electron chi connectivity index (χ4n) is 2.51. The fraction of sp³-hybridized carbons (Fsp3) is 0.438. The Labute approximate surface area is 138 Å². The second-order valence-electron chi connectivity index (χ2n) is 5.77. The zero-order valence-electron chi connectivity index (χ0n) is 13.0.